The topological polar surface area (TPSA) is 68.0 Å². The first-order chi connectivity index (χ1) is 12.6. The predicted octanol–water partition coefficient (Wildman–Crippen LogP) is 5.32. The molecule has 1 heterocycles. The number of likely N-dealkylation sites (tertiary alicyclic amines) is 1. The number of hydrogen-bond donors (Lipinski definition) is 0. The number of nitrogens with zero attached hydrogens (tertiary/aromatic N) is 3. The van der Waals surface area contributed by atoms with Crippen molar-refractivity contribution in [1.82, 2.24) is 4.90 Å². The van der Waals surface area contributed by atoms with Crippen molar-refractivity contribution in [1.29, 1.82) is 0 Å². The molecular formula is C19H21Cl2N3O3. The lowest BCUT2D eigenvalue weighted by molar-refractivity contribution is -0.384. The Bertz CT molecular complexity index is 819. The minimum absolute atomic E-state index is 0. The summed E-state index contributed by atoms with van der Waals surface area (Å²) in [5, 5.41) is 11.0. The van der Waals surface area contributed by atoms with Crippen LogP contribution in [0.15, 0.2) is 47.5 Å². The molecule has 1 aliphatic rings. The zero-order valence-electron chi connectivity index (χ0n) is 14.9. The molecule has 0 amide bonds. The Labute approximate surface area is 169 Å². The number of aliphatic imine (C=N–C) groups is 1. The summed E-state index contributed by atoms with van der Waals surface area (Å²) >= 11 is 6.07. The van der Waals surface area contributed by atoms with Gasteiger partial charge in [-0.25, -0.2) is 0 Å². The van der Waals surface area contributed by atoms with Crippen LogP contribution in [0.1, 0.15) is 24.8 Å². The summed E-state index contributed by atoms with van der Waals surface area (Å²) in [5.74, 6) is 1.98. The number of nitro benzene ring substituents is 1. The molecule has 0 aromatic heterocycles. The van der Waals surface area contributed by atoms with Crippen LogP contribution >= 0.6 is 24.0 Å². The van der Waals surface area contributed by atoms with Gasteiger partial charge in [-0.2, -0.15) is 0 Å². The Morgan fingerprint density at radius 1 is 1.15 bits per heavy atom. The molecule has 27 heavy (non-hydrogen) atoms. The Kier molecular flexibility index (Phi) is 7.45. The first kappa shape index (κ1) is 21.0. The van der Waals surface area contributed by atoms with Crippen LogP contribution in [0.25, 0.3) is 0 Å². The molecule has 0 unspecified atom stereocenters. The van der Waals surface area contributed by atoms with Gasteiger partial charge in [0, 0.05) is 37.8 Å². The molecule has 2 aromatic carbocycles. The van der Waals surface area contributed by atoms with Gasteiger partial charge >= 0.3 is 0 Å². The fourth-order valence-corrected chi connectivity index (χ4v) is 3.26. The van der Waals surface area contributed by atoms with Crippen molar-refractivity contribution in [2.24, 2.45) is 4.99 Å². The summed E-state index contributed by atoms with van der Waals surface area (Å²) in [5.41, 5.74) is 0.972. The van der Waals surface area contributed by atoms with E-state index >= 15 is 0 Å². The van der Waals surface area contributed by atoms with Crippen LogP contribution < -0.4 is 4.74 Å². The van der Waals surface area contributed by atoms with E-state index in [9.17, 15) is 10.1 Å². The predicted molar refractivity (Wildman–Crippen MR) is 110 cm³/mol. The maximum Gasteiger partial charge on any atom is 0.271 e. The van der Waals surface area contributed by atoms with E-state index in [0.717, 1.165) is 24.5 Å². The second kappa shape index (κ2) is 9.58. The van der Waals surface area contributed by atoms with Crippen LogP contribution in [-0.2, 0) is 0 Å². The van der Waals surface area contributed by atoms with Gasteiger partial charge in [-0.1, -0.05) is 11.6 Å². The normalized spacial score (nSPS) is 14.4. The molecule has 1 aliphatic heterocycles. The number of hydrogen-bond acceptors (Lipinski definition) is 4. The summed E-state index contributed by atoms with van der Waals surface area (Å²) in [6.45, 7) is 2.06. The number of non-ortho nitro benzene ring substituents is 1. The van der Waals surface area contributed by atoms with Crippen molar-refractivity contribution in [2.75, 3.05) is 20.1 Å². The number of benzene rings is 2. The maximum atomic E-state index is 10.8. The standard InChI is InChI=1S/C19H20ClN3O3.ClH/c1-21-19(22-11-3-2-4-12-22)14-5-8-16(9-6-14)26-18-10-7-15(23(24)25)13-17(18)20;/h5-10,13H,2-4,11-12H2,1H3;1H. The lowest BCUT2D eigenvalue weighted by atomic mass is 10.1. The number of ether oxygens (including phenoxy) is 1. The fourth-order valence-electron chi connectivity index (χ4n) is 3.04. The Balaban J connectivity index is 0.00000261. The number of amidine groups is 1. The van der Waals surface area contributed by atoms with Crippen LogP contribution in [0.3, 0.4) is 0 Å². The maximum absolute atomic E-state index is 10.8. The Hall–Kier alpha value is -2.31. The van der Waals surface area contributed by atoms with E-state index < -0.39 is 4.92 Å². The summed E-state index contributed by atoms with van der Waals surface area (Å²) in [4.78, 5) is 17.0. The highest BCUT2D eigenvalue weighted by Crippen LogP contribution is 2.32. The van der Waals surface area contributed by atoms with Gasteiger partial charge < -0.3 is 9.64 Å². The van der Waals surface area contributed by atoms with Gasteiger partial charge in [-0.3, -0.25) is 15.1 Å². The summed E-state index contributed by atoms with van der Waals surface area (Å²) in [6, 6.07) is 11.8. The first-order valence-electron chi connectivity index (χ1n) is 8.52. The molecule has 1 fully saturated rings. The van der Waals surface area contributed by atoms with E-state index in [-0.39, 0.29) is 23.1 Å². The molecule has 144 valence electrons. The minimum atomic E-state index is -0.489. The molecule has 0 radical (unpaired) electrons. The van der Waals surface area contributed by atoms with Gasteiger partial charge in [0.2, 0.25) is 0 Å². The van der Waals surface area contributed by atoms with E-state index in [1.807, 2.05) is 31.3 Å². The van der Waals surface area contributed by atoms with Crippen molar-refractivity contribution in [3.05, 3.63) is 63.2 Å². The van der Waals surface area contributed by atoms with Crippen molar-refractivity contribution in [2.45, 2.75) is 19.3 Å². The van der Waals surface area contributed by atoms with Crippen LogP contribution in [0, 0.1) is 10.1 Å². The molecular weight excluding hydrogens is 389 g/mol. The second-order valence-corrected chi connectivity index (χ2v) is 6.50. The van der Waals surface area contributed by atoms with Gasteiger partial charge in [-0.15, -0.1) is 12.4 Å². The fraction of sp³-hybridized carbons (Fsp3) is 0.316. The van der Waals surface area contributed by atoms with E-state index in [1.165, 1.54) is 37.5 Å². The average Bonchev–Trinajstić information content (AvgIpc) is 2.66. The van der Waals surface area contributed by atoms with E-state index in [0.29, 0.717) is 11.5 Å². The van der Waals surface area contributed by atoms with E-state index in [2.05, 4.69) is 9.89 Å². The number of piperidine rings is 1. The molecule has 3 rings (SSSR count). The molecule has 0 N–H and O–H groups in total. The van der Waals surface area contributed by atoms with E-state index in [4.69, 9.17) is 16.3 Å². The molecule has 8 heteroatoms. The largest absolute Gasteiger partial charge is 0.456 e. The molecule has 0 bridgehead atoms. The third kappa shape index (κ3) is 5.11. The zero-order chi connectivity index (χ0) is 18.5. The smallest absolute Gasteiger partial charge is 0.271 e. The molecule has 0 spiro atoms. The van der Waals surface area contributed by atoms with Crippen LogP contribution in [0.2, 0.25) is 5.02 Å². The van der Waals surface area contributed by atoms with Crippen molar-refractivity contribution < 1.29 is 9.66 Å². The van der Waals surface area contributed by atoms with Crippen LogP contribution in [0.4, 0.5) is 5.69 Å². The molecule has 0 saturated carbocycles. The highest BCUT2D eigenvalue weighted by Gasteiger charge is 2.16. The van der Waals surface area contributed by atoms with Crippen LogP contribution in [-0.4, -0.2) is 35.8 Å². The number of rotatable bonds is 4. The Morgan fingerprint density at radius 2 is 1.81 bits per heavy atom. The molecule has 0 atom stereocenters. The van der Waals surface area contributed by atoms with Crippen LogP contribution in [0.5, 0.6) is 11.5 Å². The highest BCUT2D eigenvalue weighted by atomic mass is 35.5. The SMILES string of the molecule is CN=C(c1ccc(Oc2ccc([N+](=O)[O-])cc2Cl)cc1)N1CCCCC1.Cl. The minimum Gasteiger partial charge on any atom is -0.456 e. The van der Waals surface area contributed by atoms with Crippen molar-refractivity contribution in [3.8, 4) is 11.5 Å². The van der Waals surface area contributed by atoms with Gasteiger partial charge in [0.05, 0.1) is 9.95 Å². The summed E-state index contributed by atoms with van der Waals surface area (Å²) in [6.07, 6.45) is 3.66. The van der Waals surface area contributed by atoms with Gasteiger partial charge in [0.15, 0.2) is 0 Å². The van der Waals surface area contributed by atoms with Gasteiger partial charge in [0.25, 0.3) is 5.69 Å². The number of nitro groups is 1. The number of halogens is 2. The summed E-state index contributed by atoms with van der Waals surface area (Å²) < 4.78 is 5.75. The van der Waals surface area contributed by atoms with Crippen molar-refractivity contribution >= 4 is 35.5 Å². The lowest BCUT2D eigenvalue weighted by Crippen LogP contribution is -2.36. The van der Waals surface area contributed by atoms with E-state index in [1.54, 1.807) is 0 Å². The van der Waals surface area contributed by atoms with Crippen molar-refractivity contribution in [3.63, 3.8) is 0 Å². The second-order valence-electron chi connectivity index (χ2n) is 6.09. The third-order valence-electron chi connectivity index (χ3n) is 4.33. The third-order valence-corrected chi connectivity index (χ3v) is 4.63. The molecule has 2 aromatic rings. The molecule has 6 nitrogen and oxygen atoms in total. The first-order valence-corrected chi connectivity index (χ1v) is 8.90. The highest BCUT2D eigenvalue weighted by molar-refractivity contribution is 6.32. The average molecular weight is 410 g/mol. The summed E-state index contributed by atoms with van der Waals surface area (Å²) in [7, 11) is 1.81. The Morgan fingerprint density at radius 3 is 2.37 bits per heavy atom. The van der Waals surface area contributed by atoms with Gasteiger partial charge in [0.1, 0.15) is 17.3 Å². The molecule has 1 saturated heterocycles. The lowest BCUT2D eigenvalue weighted by Gasteiger charge is -2.29. The monoisotopic (exact) mass is 409 g/mol. The quantitative estimate of drug-likeness (QED) is 0.296. The molecule has 0 aliphatic carbocycles. The van der Waals surface area contributed by atoms with Gasteiger partial charge in [-0.05, 0) is 49.6 Å². The zero-order valence-corrected chi connectivity index (χ0v) is 16.5.